The number of nitrogens with one attached hydrogen (secondary N) is 1. The molecular weight excluding hydrogens is 424 g/mol. The number of amides is 2. The number of carbonyl (C=O) groups is 2. The maximum Gasteiger partial charge on any atom is 0.259 e. The summed E-state index contributed by atoms with van der Waals surface area (Å²) >= 11 is 3.39. The van der Waals surface area contributed by atoms with Crippen LogP contribution in [0.2, 0.25) is 0 Å². The van der Waals surface area contributed by atoms with E-state index in [0.29, 0.717) is 17.0 Å². The monoisotopic (exact) mass is 442 g/mol. The molecule has 2 aromatic carbocycles. The van der Waals surface area contributed by atoms with E-state index in [1.807, 2.05) is 24.3 Å². The Hall–Kier alpha value is -3.13. The zero-order chi connectivity index (χ0) is 20.1. The second kappa shape index (κ2) is 8.71. The number of ether oxygens (including phenoxy) is 1. The molecule has 2 amide bonds. The summed E-state index contributed by atoms with van der Waals surface area (Å²) in [7, 11) is 3.34. The van der Waals surface area contributed by atoms with Gasteiger partial charge in [-0.25, -0.2) is 4.68 Å². The van der Waals surface area contributed by atoms with Crippen LogP contribution in [-0.4, -0.2) is 47.2 Å². The van der Waals surface area contributed by atoms with E-state index in [1.165, 1.54) is 11.1 Å². The number of anilines is 1. The highest BCUT2D eigenvalue weighted by Crippen LogP contribution is 2.18. The molecular formula is C20H19BrN4O3. The molecule has 0 spiro atoms. The average molecular weight is 443 g/mol. The molecule has 0 aliphatic carbocycles. The van der Waals surface area contributed by atoms with E-state index in [2.05, 4.69) is 26.3 Å². The van der Waals surface area contributed by atoms with Gasteiger partial charge in [-0.3, -0.25) is 9.59 Å². The molecule has 0 saturated carbocycles. The number of likely N-dealkylation sites (N-methyl/N-ethyl adjacent to an activating group) is 1. The van der Waals surface area contributed by atoms with Crippen molar-refractivity contribution in [2.24, 2.45) is 0 Å². The number of hydrogen-bond donors (Lipinski definition) is 1. The quantitative estimate of drug-likeness (QED) is 0.634. The maximum atomic E-state index is 12.4. The zero-order valence-corrected chi connectivity index (χ0v) is 17.0. The van der Waals surface area contributed by atoms with Gasteiger partial charge >= 0.3 is 0 Å². The van der Waals surface area contributed by atoms with E-state index in [-0.39, 0.29) is 18.4 Å². The Morgan fingerprint density at radius 3 is 2.43 bits per heavy atom. The molecule has 0 bridgehead atoms. The predicted octanol–water partition coefficient (Wildman–Crippen LogP) is 3.35. The fourth-order valence-corrected chi connectivity index (χ4v) is 2.55. The van der Waals surface area contributed by atoms with Crippen LogP contribution in [0.3, 0.4) is 0 Å². The van der Waals surface area contributed by atoms with Crippen molar-refractivity contribution in [2.45, 2.75) is 0 Å². The van der Waals surface area contributed by atoms with E-state index >= 15 is 0 Å². The van der Waals surface area contributed by atoms with Crippen LogP contribution < -0.4 is 10.1 Å². The summed E-state index contributed by atoms with van der Waals surface area (Å²) in [5, 5.41) is 7.04. The number of hydrogen-bond acceptors (Lipinski definition) is 4. The van der Waals surface area contributed by atoms with Gasteiger partial charge < -0.3 is 15.0 Å². The third kappa shape index (κ3) is 4.98. The molecule has 28 heavy (non-hydrogen) atoms. The van der Waals surface area contributed by atoms with Crippen LogP contribution in [0, 0.1) is 0 Å². The van der Waals surface area contributed by atoms with Gasteiger partial charge in [0.05, 0.1) is 17.4 Å². The number of carbonyl (C=O) groups excluding carboxylic acids is 2. The van der Waals surface area contributed by atoms with Crippen molar-refractivity contribution in [3.8, 4) is 11.4 Å². The topological polar surface area (TPSA) is 76.5 Å². The van der Waals surface area contributed by atoms with E-state index < -0.39 is 0 Å². The van der Waals surface area contributed by atoms with Gasteiger partial charge in [-0.15, -0.1) is 0 Å². The lowest BCUT2D eigenvalue weighted by molar-refractivity contribution is -0.130. The smallest absolute Gasteiger partial charge is 0.259 e. The molecule has 0 fully saturated rings. The molecule has 7 nitrogen and oxygen atoms in total. The summed E-state index contributed by atoms with van der Waals surface area (Å²) in [6.07, 6.45) is 3.19. The van der Waals surface area contributed by atoms with E-state index in [1.54, 1.807) is 49.2 Å². The predicted molar refractivity (Wildman–Crippen MR) is 110 cm³/mol. The minimum atomic E-state index is -0.264. The minimum Gasteiger partial charge on any atom is -0.484 e. The number of aromatic nitrogens is 2. The summed E-state index contributed by atoms with van der Waals surface area (Å²) in [5.41, 5.74) is 1.92. The second-order valence-electron chi connectivity index (χ2n) is 6.21. The van der Waals surface area contributed by atoms with Gasteiger partial charge in [0.2, 0.25) is 0 Å². The Balaban J connectivity index is 1.60. The van der Waals surface area contributed by atoms with Crippen LogP contribution in [0.15, 0.2) is 65.4 Å². The first kappa shape index (κ1) is 19.6. The fourth-order valence-electron chi connectivity index (χ4n) is 2.29. The summed E-state index contributed by atoms with van der Waals surface area (Å²) in [6, 6.07) is 14.4. The van der Waals surface area contributed by atoms with Gasteiger partial charge in [0.15, 0.2) is 6.61 Å². The Morgan fingerprint density at radius 1 is 1.11 bits per heavy atom. The Morgan fingerprint density at radius 2 is 1.79 bits per heavy atom. The number of rotatable bonds is 6. The molecule has 3 aromatic rings. The van der Waals surface area contributed by atoms with E-state index in [4.69, 9.17) is 4.74 Å². The molecule has 8 heteroatoms. The van der Waals surface area contributed by atoms with Crippen LogP contribution in [0.1, 0.15) is 10.4 Å². The van der Waals surface area contributed by atoms with Crippen molar-refractivity contribution < 1.29 is 14.3 Å². The van der Waals surface area contributed by atoms with Gasteiger partial charge in [0, 0.05) is 30.5 Å². The molecule has 0 radical (unpaired) electrons. The Bertz CT molecular complexity index is 966. The van der Waals surface area contributed by atoms with E-state index in [0.717, 1.165) is 10.2 Å². The standard InChI is InChI=1S/C20H19BrN4O3/c1-24(2)19(26)13-28-18-9-5-16(6-10-18)23-20(27)14-11-22-25(12-14)17-7-3-15(21)4-8-17/h3-12H,13H2,1-2H3,(H,23,27). The highest BCUT2D eigenvalue weighted by molar-refractivity contribution is 9.10. The first-order valence-corrected chi connectivity index (χ1v) is 9.26. The van der Waals surface area contributed by atoms with Crippen molar-refractivity contribution in [1.82, 2.24) is 14.7 Å². The highest BCUT2D eigenvalue weighted by atomic mass is 79.9. The van der Waals surface area contributed by atoms with Gasteiger partial charge in [0.1, 0.15) is 5.75 Å². The lowest BCUT2D eigenvalue weighted by Crippen LogP contribution is -2.27. The van der Waals surface area contributed by atoms with Crippen LogP contribution in [0.4, 0.5) is 5.69 Å². The van der Waals surface area contributed by atoms with Crippen molar-refractivity contribution in [3.63, 3.8) is 0 Å². The third-order valence-corrected chi connectivity index (χ3v) is 4.44. The van der Waals surface area contributed by atoms with Gasteiger partial charge in [-0.1, -0.05) is 15.9 Å². The summed E-state index contributed by atoms with van der Waals surface area (Å²) in [6.45, 7) is -0.0338. The fraction of sp³-hybridized carbons (Fsp3) is 0.150. The number of nitrogens with zero attached hydrogens (tertiary/aromatic N) is 3. The molecule has 144 valence electrons. The minimum absolute atomic E-state index is 0.0338. The molecule has 1 aromatic heterocycles. The number of halogens is 1. The summed E-state index contributed by atoms with van der Waals surface area (Å²) in [5.74, 6) is 0.163. The van der Waals surface area contributed by atoms with Gasteiger partial charge in [-0.2, -0.15) is 5.10 Å². The molecule has 0 unspecified atom stereocenters. The zero-order valence-electron chi connectivity index (χ0n) is 15.4. The molecule has 1 N–H and O–H groups in total. The van der Waals surface area contributed by atoms with Crippen molar-refractivity contribution in [3.05, 3.63) is 71.0 Å². The SMILES string of the molecule is CN(C)C(=O)COc1ccc(NC(=O)c2cnn(-c3ccc(Br)cc3)c2)cc1. The van der Waals surface area contributed by atoms with Crippen LogP contribution in [0.5, 0.6) is 5.75 Å². The molecule has 3 rings (SSSR count). The summed E-state index contributed by atoms with van der Waals surface area (Å²) in [4.78, 5) is 25.4. The average Bonchev–Trinajstić information content (AvgIpc) is 3.18. The third-order valence-electron chi connectivity index (χ3n) is 3.91. The number of benzene rings is 2. The molecule has 0 saturated heterocycles. The normalized spacial score (nSPS) is 10.4. The summed E-state index contributed by atoms with van der Waals surface area (Å²) < 4.78 is 8.02. The molecule has 0 atom stereocenters. The van der Waals surface area contributed by atoms with Crippen molar-refractivity contribution in [2.75, 3.05) is 26.0 Å². The first-order valence-electron chi connectivity index (χ1n) is 8.47. The van der Waals surface area contributed by atoms with Crippen LogP contribution >= 0.6 is 15.9 Å². The Labute approximate surface area is 171 Å². The maximum absolute atomic E-state index is 12.4. The van der Waals surface area contributed by atoms with E-state index in [9.17, 15) is 9.59 Å². The molecule has 1 heterocycles. The first-order chi connectivity index (χ1) is 13.4. The van der Waals surface area contributed by atoms with Crippen LogP contribution in [-0.2, 0) is 4.79 Å². The van der Waals surface area contributed by atoms with Crippen molar-refractivity contribution >= 4 is 33.4 Å². The lowest BCUT2D eigenvalue weighted by Gasteiger charge is -2.11. The lowest BCUT2D eigenvalue weighted by atomic mass is 10.2. The van der Waals surface area contributed by atoms with Gasteiger partial charge in [0.25, 0.3) is 11.8 Å². The van der Waals surface area contributed by atoms with Gasteiger partial charge in [-0.05, 0) is 48.5 Å². The highest BCUT2D eigenvalue weighted by Gasteiger charge is 2.10. The largest absolute Gasteiger partial charge is 0.484 e. The Kier molecular flexibility index (Phi) is 6.10. The second-order valence-corrected chi connectivity index (χ2v) is 7.12. The van der Waals surface area contributed by atoms with Crippen molar-refractivity contribution in [1.29, 1.82) is 0 Å². The van der Waals surface area contributed by atoms with Crippen LogP contribution in [0.25, 0.3) is 5.69 Å². The molecule has 0 aliphatic heterocycles. The molecule has 0 aliphatic rings.